The Morgan fingerprint density at radius 3 is 2.37 bits per heavy atom. The van der Waals surface area contributed by atoms with Crippen LogP contribution in [0.5, 0.6) is 11.5 Å². The molecule has 0 aliphatic carbocycles. The van der Waals surface area contributed by atoms with Gasteiger partial charge in [-0.15, -0.1) is 0 Å². The lowest BCUT2D eigenvalue weighted by Crippen LogP contribution is -2.33. The number of nitrogens with zero attached hydrogens (tertiary/aromatic N) is 2. The van der Waals surface area contributed by atoms with Crippen molar-refractivity contribution in [3.8, 4) is 11.5 Å². The van der Waals surface area contributed by atoms with E-state index in [9.17, 15) is 4.79 Å². The molecule has 0 bridgehead atoms. The van der Waals surface area contributed by atoms with Crippen LogP contribution in [-0.4, -0.2) is 16.7 Å². The second-order valence-corrected chi connectivity index (χ2v) is 8.92. The molecule has 2 aliphatic rings. The van der Waals surface area contributed by atoms with Gasteiger partial charge in [-0.3, -0.25) is 0 Å². The number of halogens is 1. The molecule has 6 heteroatoms. The van der Waals surface area contributed by atoms with Crippen LogP contribution in [0.2, 0.25) is 5.02 Å². The molecule has 5 nitrogen and oxygen atoms in total. The van der Waals surface area contributed by atoms with E-state index in [0.717, 1.165) is 34.6 Å². The second-order valence-electron chi connectivity index (χ2n) is 8.49. The zero-order valence-corrected chi connectivity index (χ0v) is 19.4. The van der Waals surface area contributed by atoms with Crippen molar-refractivity contribution in [2.75, 3.05) is 0 Å². The van der Waals surface area contributed by atoms with Crippen LogP contribution in [0.25, 0.3) is 0 Å². The summed E-state index contributed by atoms with van der Waals surface area (Å²) in [7, 11) is 0. The third-order valence-corrected chi connectivity index (χ3v) is 6.51. The maximum absolute atomic E-state index is 12.4. The highest BCUT2D eigenvalue weighted by Crippen LogP contribution is 2.47. The van der Waals surface area contributed by atoms with Crippen LogP contribution >= 0.6 is 11.6 Å². The van der Waals surface area contributed by atoms with Crippen LogP contribution in [-0.2, 0) is 0 Å². The molecule has 6 rings (SSSR count). The van der Waals surface area contributed by atoms with Crippen LogP contribution in [0.3, 0.4) is 0 Å². The average Bonchev–Trinajstić information content (AvgIpc) is 3.35. The predicted molar refractivity (Wildman–Crippen MR) is 135 cm³/mol. The van der Waals surface area contributed by atoms with Gasteiger partial charge in [0.25, 0.3) is 0 Å². The van der Waals surface area contributed by atoms with E-state index in [4.69, 9.17) is 26.2 Å². The van der Waals surface area contributed by atoms with Crippen LogP contribution in [0.15, 0.2) is 108 Å². The first kappa shape index (κ1) is 21.4. The highest BCUT2D eigenvalue weighted by Gasteiger charge is 2.40. The highest BCUT2D eigenvalue weighted by molar-refractivity contribution is 6.30. The number of para-hydroxylation sites is 1. The molecule has 0 amide bonds. The van der Waals surface area contributed by atoms with Crippen molar-refractivity contribution in [3.05, 3.63) is 130 Å². The number of hydrogen-bond acceptors (Lipinski definition) is 5. The normalized spacial score (nSPS) is 18.2. The molecule has 0 spiro atoms. The van der Waals surface area contributed by atoms with Gasteiger partial charge in [0.15, 0.2) is 0 Å². The Balaban J connectivity index is 1.29. The molecule has 0 aromatic heterocycles. The molecule has 0 saturated heterocycles. The summed E-state index contributed by atoms with van der Waals surface area (Å²) in [6.07, 6.45) is 0.365. The lowest BCUT2D eigenvalue weighted by molar-refractivity contribution is -0.0190. The van der Waals surface area contributed by atoms with Crippen molar-refractivity contribution in [3.63, 3.8) is 0 Å². The predicted octanol–water partition coefficient (Wildman–Crippen LogP) is 6.80. The number of ether oxygens (including phenoxy) is 2. The smallest absolute Gasteiger partial charge is 0.343 e. The fraction of sp³-hybridized carbons (Fsp3) is 0.103. The van der Waals surface area contributed by atoms with Crippen molar-refractivity contribution in [1.29, 1.82) is 0 Å². The molecule has 0 N–H and O–H groups in total. The Labute approximate surface area is 208 Å². The Hall–Kier alpha value is -4.09. The highest BCUT2D eigenvalue weighted by atomic mass is 35.5. The summed E-state index contributed by atoms with van der Waals surface area (Å²) in [6.45, 7) is 0. The van der Waals surface area contributed by atoms with Gasteiger partial charge in [0.2, 0.25) is 6.23 Å². The molecule has 4 aromatic rings. The van der Waals surface area contributed by atoms with Crippen LogP contribution < -0.4 is 9.47 Å². The molecular weight excluding hydrogens is 460 g/mol. The SMILES string of the molecule is O=C(Oc1ccc([C@H]2Oc3ccccc3[C@H]3CC(c4ccc(Cl)cc4)=NN32)cc1)c1ccccc1. The minimum atomic E-state index is -0.404. The molecule has 0 saturated carbocycles. The minimum Gasteiger partial charge on any atom is -0.464 e. The average molecular weight is 481 g/mol. The Morgan fingerprint density at radius 2 is 1.60 bits per heavy atom. The van der Waals surface area contributed by atoms with Crippen molar-refractivity contribution in [2.24, 2.45) is 5.10 Å². The van der Waals surface area contributed by atoms with Crippen molar-refractivity contribution in [1.82, 2.24) is 5.01 Å². The van der Waals surface area contributed by atoms with E-state index < -0.39 is 12.2 Å². The number of carbonyl (C=O) groups is 1. The number of hydrazone groups is 1. The quantitative estimate of drug-likeness (QED) is 0.238. The Bertz CT molecular complexity index is 1400. The minimum absolute atomic E-state index is 0.0613. The van der Waals surface area contributed by atoms with E-state index >= 15 is 0 Å². The number of fused-ring (bicyclic) bond motifs is 3. The number of esters is 1. The fourth-order valence-corrected chi connectivity index (χ4v) is 4.64. The molecule has 2 aliphatic heterocycles. The van der Waals surface area contributed by atoms with E-state index in [1.807, 2.05) is 77.8 Å². The molecule has 35 heavy (non-hydrogen) atoms. The lowest BCUT2D eigenvalue weighted by atomic mass is 9.96. The standard InChI is InChI=1S/C29H21ClN2O3/c30-22-14-10-19(11-15-22)25-18-26-24-8-4-5-9-27(24)35-28(32(26)31-25)20-12-16-23(17-13-20)34-29(33)21-6-2-1-3-7-21/h1-17,26,28H,18H2/t26-,28-/m1/s1. The Kier molecular flexibility index (Phi) is 5.47. The summed E-state index contributed by atoms with van der Waals surface area (Å²) in [5.74, 6) is 0.936. The summed E-state index contributed by atoms with van der Waals surface area (Å²) in [5, 5.41) is 7.70. The molecule has 0 unspecified atom stereocenters. The van der Waals surface area contributed by atoms with E-state index in [0.29, 0.717) is 16.3 Å². The third-order valence-electron chi connectivity index (χ3n) is 6.26. The number of hydrogen-bond donors (Lipinski definition) is 0. The summed E-state index contributed by atoms with van der Waals surface area (Å²) in [5.41, 5.74) is 4.58. The van der Waals surface area contributed by atoms with Gasteiger partial charge < -0.3 is 9.47 Å². The largest absolute Gasteiger partial charge is 0.464 e. The van der Waals surface area contributed by atoms with Crippen LogP contribution in [0, 0.1) is 0 Å². The lowest BCUT2D eigenvalue weighted by Gasteiger charge is -2.38. The number of carbonyl (C=O) groups excluding carboxylic acids is 1. The van der Waals surface area contributed by atoms with Gasteiger partial charge in [0.05, 0.1) is 17.3 Å². The maximum Gasteiger partial charge on any atom is 0.343 e. The second kappa shape index (κ2) is 8.93. The van der Waals surface area contributed by atoms with Crippen molar-refractivity contribution in [2.45, 2.75) is 18.7 Å². The van der Waals surface area contributed by atoms with Crippen LogP contribution in [0.1, 0.15) is 45.7 Å². The molecule has 0 fully saturated rings. The molecule has 2 heterocycles. The zero-order chi connectivity index (χ0) is 23.8. The topological polar surface area (TPSA) is 51.1 Å². The van der Waals surface area contributed by atoms with E-state index in [2.05, 4.69) is 6.07 Å². The van der Waals surface area contributed by atoms with E-state index in [1.165, 1.54) is 0 Å². The fourth-order valence-electron chi connectivity index (χ4n) is 4.51. The first-order valence-electron chi connectivity index (χ1n) is 11.4. The molecular formula is C29H21ClN2O3. The van der Waals surface area contributed by atoms with Gasteiger partial charge in [0, 0.05) is 22.6 Å². The molecule has 172 valence electrons. The molecule has 4 aromatic carbocycles. The van der Waals surface area contributed by atoms with Gasteiger partial charge in [-0.05, 0) is 60.2 Å². The van der Waals surface area contributed by atoms with Gasteiger partial charge in [-0.2, -0.15) is 5.10 Å². The Morgan fingerprint density at radius 1 is 0.886 bits per heavy atom. The monoisotopic (exact) mass is 480 g/mol. The van der Waals surface area contributed by atoms with Crippen molar-refractivity contribution < 1.29 is 14.3 Å². The van der Waals surface area contributed by atoms with Gasteiger partial charge >= 0.3 is 5.97 Å². The molecule has 0 radical (unpaired) electrons. The maximum atomic E-state index is 12.4. The number of rotatable bonds is 4. The summed E-state index contributed by atoms with van der Waals surface area (Å²) in [4.78, 5) is 12.4. The first-order valence-corrected chi connectivity index (χ1v) is 11.8. The van der Waals surface area contributed by atoms with Crippen molar-refractivity contribution >= 4 is 23.3 Å². The van der Waals surface area contributed by atoms with E-state index in [-0.39, 0.29) is 6.04 Å². The summed E-state index contributed by atoms with van der Waals surface area (Å²) in [6, 6.07) is 32.3. The summed E-state index contributed by atoms with van der Waals surface area (Å²) < 4.78 is 12.0. The summed E-state index contributed by atoms with van der Waals surface area (Å²) >= 11 is 6.09. The zero-order valence-electron chi connectivity index (χ0n) is 18.7. The first-order chi connectivity index (χ1) is 17.2. The van der Waals surface area contributed by atoms with Gasteiger partial charge in [0.1, 0.15) is 11.5 Å². The third kappa shape index (κ3) is 4.15. The molecule has 2 atom stereocenters. The van der Waals surface area contributed by atoms with Gasteiger partial charge in [-0.1, -0.05) is 60.1 Å². The van der Waals surface area contributed by atoms with Crippen LogP contribution in [0.4, 0.5) is 0 Å². The number of benzene rings is 4. The van der Waals surface area contributed by atoms with E-state index in [1.54, 1.807) is 24.3 Å². The van der Waals surface area contributed by atoms with Gasteiger partial charge in [-0.25, -0.2) is 9.80 Å².